The van der Waals surface area contributed by atoms with E-state index in [-0.39, 0.29) is 12.0 Å². The number of aromatic nitrogens is 2. The molecule has 0 bridgehead atoms. The van der Waals surface area contributed by atoms with Crippen LogP contribution < -0.4 is 0 Å². The minimum atomic E-state index is -0.604. The highest BCUT2D eigenvalue weighted by Gasteiger charge is 2.28. The second kappa shape index (κ2) is 9.19. The van der Waals surface area contributed by atoms with Crippen LogP contribution in [0.3, 0.4) is 0 Å². The number of benzene rings is 1. The summed E-state index contributed by atoms with van der Waals surface area (Å²) in [6.45, 7) is 16.5. The Morgan fingerprint density at radius 3 is 2.34 bits per heavy atom. The van der Waals surface area contributed by atoms with E-state index < -0.39 is 5.60 Å². The van der Waals surface area contributed by atoms with Gasteiger partial charge in [-0.2, -0.15) is 0 Å². The fourth-order valence-corrected chi connectivity index (χ4v) is 4.00. The largest absolute Gasteiger partial charge is 0.501 e. The Bertz CT molecular complexity index is 1140. The number of carbonyl (C=O) groups excluding carboxylic acids is 1. The van der Waals surface area contributed by atoms with Gasteiger partial charge < -0.3 is 9.47 Å². The summed E-state index contributed by atoms with van der Waals surface area (Å²) in [5.41, 5.74) is 6.01. The van der Waals surface area contributed by atoms with Crippen LogP contribution in [0.5, 0.6) is 0 Å². The third-order valence-corrected chi connectivity index (χ3v) is 5.06. The van der Waals surface area contributed by atoms with Gasteiger partial charge in [-0.1, -0.05) is 19.9 Å². The van der Waals surface area contributed by atoms with Crippen molar-refractivity contribution in [2.75, 3.05) is 6.61 Å². The molecule has 0 aliphatic rings. The van der Waals surface area contributed by atoms with Crippen LogP contribution in [0.25, 0.3) is 28.2 Å². The molecule has 2 heterocycles. The molecule has 3 rings (SSSR count). The lowest BCUT2D eigenvalue weighted by Gasteiger charge is -2.21. The molecule has 0 saturated carbocycles. The monoisotopic (exact) mass is 434 g/mol. The molecule has 0 aliphatic heterocycles. The van der Waals surface area contributed by atoms with E-state index in [2.05, 4.69) is 24.9 Å². The summed E-state index contributed by atoms with van der Waals surface area (Å²) in [4.78, 5) is 18.0. The second-order valence-electron chi connectivity index (χ2n) is 9.41. The van der Waals surface area contributed by atoms with Crippen molar-refractivity contribution in [2.24, 2.45) is 0 Å². The van der Waals surface area contributed by atoms with Gasteiger partial charge in [0, 0.05) is 22.3 Å². The van der Waals surface area contributed by atoms with Gasteiger partial charge >= 0.3 is 6.09 Å². The molecule has 1 aromatic carbocycles. The van der Waals surface area contributed by atoms with E-state index in [4.69, 9.17) is 9.47 Å². The molecule has 5 heteroatoms. The van der Waals surface area contributed by atoms with Crippen LogP contribution in [0.2, 0.25) is 0 Å². The van der Waals surface area contributed by atoms with Gasteiger partial charge in [0.2, 0.25) is 0 Å². The van der Waals surface area contributed by atoms with Crippen molar-refractivity contribution in [1.29, 1.82) is 0 Å². The van der Waals surface area contributed by atoms with Crippen molar-refractivity contribution >= 4 is 23.1 Å². The zero-order chi connectivity index (χ0) is 23.6. The maximum atomic E-state index is 13.5. The molecule has 0 atom stereocenters. The van der Waals surface area contributed by atoms with Gasteiger partial charge in [-0.05, 0) is 88.9 Å². The standard InChI is InChI=1S/C27H34N2O3/c1-9-31-13-12-20-10-11-23-22(16-20)24(17(2)3)25(21-14-18(4)28-19(5)15-21)29(23)26(30)32-27(6,7)8/h10-17H,9H2,1-8H3/b13-12+. The predicted octanol–water partition coefficient (Wildman–Crippen LogP) is 7.23. The number of nitrogens with zero attached hydrogens (tertiary/aromatic N) is 2. The van der Waals surface area contributed by atoms with Crippen LogP contribution in [-0.4, -0.2) is 27.9 Å². The Balaban J connectivity index is 2.37. The summed E-state index contributed by atoms with van der Waals surface area (Å²) >= 11 is 0. The predicted molar refractivity (Wildman–Crippen MR) is 131 cm³/mol. The maximum absolute atomic E-state index is 13.5. The number of hydrogen-bond donors (Lipinski definition) is 0. The van der Waals surface area contributed by atoms with Gasteiger partial charge in [0.15, 0.2) is 0 Å². The zero-order valence-electron chi connectivity index (χ0n) is 20.4. The first-order chi connectivity index (χ1) is 15.0. The minimum absolute atomic E-state index is 0.191. The Morgan fingerprint density at radius 2 is 1.78 bits per heavy atom. The number of fused-ring (bicyclic) bond motifs is 1. The molecule has 0 unspecified atom stereocenters. The van der Waals surface area contributed by atoms with E-state index in [9.17, 15) is 4.79 Å². The third kappa shape index (κ3) is 5.04. The van der Waals surface area contributed by atoms with Crippen LogP contribution in [0, 0.1) is 13.8 Å². The van der Waals surface area contributed by atoms with Crippen molar-refractivity contribution in [3.8, 4) is 11.3 Å². The third-order valence-electron chi connectivity index (χ3n) is 5.06. The van der Waals surface area contributed by atoms with Gasteiger partial charge in [0.05, 0.1) is 24.1 Å². The average Bonchev–Trinajstić information content (AvgIpc) is 3.01. The number of rotatable bonds is 5. The van der Waals surface area contributed by atoms with E-state index >= 15 is 0 Å². The molecule has 32 heavy (non-hydrogen) atoms. The molecule has 0 spiro atoms. The van der Waals surface area contributed by atoms with Gasteiger partial charge in [-0.3, -0.25) is 4.98 Å². The highest BCUT2D eigenvalue weighted by atomic mass is 16.6. The number of carbonyl (C=O) groups is 1. The van der Waals surface area contributed by atoms with Crippen LogP contribution in [0.4, 0.5) is 4.79 Å². The Morgan fingerprint density at radius 1 is 1.12 bits per heavy atom. The molecule has 0 amide bonds. The van der Waals surface area contributed by atoms with Gasteiger partial charge in [-0.25, -0.2) is 9.36 Å². The molecule has 2 aromatic heterocycles. The van der Waals surface area contributed by atoms with Crippen LogP contribution >= 0.6 is 0 Å². The molecule has 0 fully saturated rings. The highest BCUT2D eigenvalue weighted by molar-refractivity contribution is 6.00. The molecule has 3 aromatic rings. The molecule has 0 saturated heterocycles. The van der Waals surface area contributed by atoms with Crippen molar-refractivity contribution in [3.63, 3.8) is 0 Å². The Kier molecular flexibility index (Phi) is 6.77. The molecular weight excluding hydrogens is 400 g/mol. The quantitative estimate of drug-likeness (QED) is 0.397. The van der Waals surface area contributed by atoms with Crippen molar-refractivity contribution in [1.82, 2.24) is 9.55 Å². The summed E-state index contributed by atoms with van der Waals surface area (Å²) in [6, 6.07) is 10.2. The van der Waals surface area contributed by atoms with E-state index in [1.54, 1.807) is 10.8 Å². The lowest BCUT2D eigenvalue weighted by Crippen LogP contribution is -2.27. The van der Waals surface area contributed by atoms with E-state index in [0.717, 1.165) is 44.7 Å². The molecule has 0 radical (unpaired) electrons. The lowest BCUT2D eigenvalue weighted by molar-refractivity contribution is 0.0547. The summed E-state index contributed by atoms with van der Waals surface area (Å²) in [7, 11) is 0. The van der Waals surface area contributed by atoms with Crippen molar-refractivity contribution in [3.05, 3.63) is 59.1 Å². The molecular formula is C27H34N2O3. The zero-order valence-corrected chi connectivity index (χ0v) is 20.4. The normalized spacial score (nSPS) is 12.2. The fourth-order valence-electron chi connectivity index (χ4n) is 4.00. The maximum Gasteiger partial charge on any atom is 0.419 e. The van der Waals surface area contributed by atoms with E-state index in [1.807, 2.05) is 71.9 Å². The fraction of sp³-hybridized carbons (Fsp3) is 0.407. The average molecular weight is 435 g/mol. The van der Waals surface area contributed by atoms with Gasteiger partial charge in [0.1, 0.15) is 5.60 Å². The number of pyridine rings is 1. The molecule has 170 valence electrons. The highest BCUT2D eigenvalue weighted by Crippen LogP contribution is 2.39. The van der Waals surface area contributed by atoms with Crippen LogP contribution in [0.1, 0.15) is 70.0 Å². The van der Waals surface area contributed by atoms with Crippen molar-refractivity contribution in [2.45, 2.75) is 66.9 Å². The first kappa shape index (κ1) is 23.6. The summed E-state index contributed by atoms with van der Waals surface area (Å²) in [5, 5.41) is 1.03. The number of aryl methyl sites for hydroxylation is 2. The van der Waals surface area contributed by atoms with E-state index in [1.165, 1.54) is 0 Å². The topological polar surface area (TPSA) is 53.4 Å². The SMILES string of the molecule is CCO/C=C/c1ccc2c(c1)c(C(C)C)c(-c1cc(C)nc(C)c1)n2C(=O)OC(C)(C)C. The first-order valence-electron chi connectivity index (χ1n) is 11.2. The van der Waals surface area contributed by atoms with Crippen LogP contribution in [0.15, 0.2) is 36.6 Å². The number of ether oxygens (including phenoxy) is 2. The van der Waals surface area contributed by atoms with Crippen LogP contribution in [-0.2, 0) is 9.47 Å². The second-order valence-corrected chi connectivity index (χ2v) is 9.41. The molecule has 5 nitrogen and oxygen atoms in total. The Labute approximate surface area is 191 Å². The van der Waals surface area contributed by atoms with Gasteiger partial charge in [0.25, 0.3) is 0 Å². The minimum Gasteiger partial charge on any atom is -0.501 e. The van der Waals surface area contributed by atoms with E-state index in [0.29, 0.717) is 6.61 Å². The molecule has 0 N–H and O–H groups in total. The number of hydrogen-bond acceptors (Lipinski definition) is 4. The van der Waals surface area contributed by atoms with Gasteiger partial charge in [-0.15, -0.1) is 0 Å². The molecule has 0 aliphatic carbocycles. The Hall–Kier alpha value is -3.08. The summed E-state index contributed by atoms with van der Waals surface area (Å²) in [6.07, 6.45) is 3.27. The van der Waals surface area contributed by atoms with Crippen molar-refractivity contribution < 1.29 is 14.3 Å². The smallest absolute Gasteiger partial charge is 0.419 e. The summed E-state index contributed by atoms with van der Waals surface area (Å²) in [5.74, 6) is 0.191. The summed E-state index contributed by atoms with van der Waals surface area (Å²) < 4.78 is 12.9. The first-order valence-corrected chi connectivity index (χ1v) is 11.2. The lowest BCUT2D eigenvalue weighted by atomic mass is 9.95.